The lowest BCUT2D eigenvalue weighted by Crippen LogP contribution is -2.42. The van der Waals surface area contributed by atoms with Crippen LogP contribution in [0.1, 0.15) is 24.8 Å². The largest absolute Gasteiger partial charge is 0.333 e. The lowest BCUT2D eigenvalue weighted by atomic mass is 9.93. The zero-order chi connectivity index (χ0) is 18.1. The van der Waals surface area contributed by atoms with Gasteiger partial charge in [-0.15, -0.1) is 0 Å². The number of hydrogen-bond donors (Lipinski definition) is 2. The van der Waals surface area contributed by atoms with Crippen LogP contribution in [0.15, 0.2) is 38.7 Å². The summed E-state index contributed by atoms with van der Waals surface area (Å²) >= 11 is 1.62. The molecule has 8 heteroatoms. The highest BCUT2D eigenvalue weighted by Crippen LogP contribution is 2.56. The van der Waals surface area contributed by atoms with E-state index in [0.717, 1.165) is 37.9 Å². The maximum atomic E-state index is 13.0. The molecule has 1 spiro atoms. The molecule has 1 aliphatic heterocycles. The fraction of sp³-hybridized carbons (Fsp3) is 0.500. The van der Waals surface area contributed by atoms with Crippen LogP contribution >= 0.6 is 11.3 Å². The average molecular weight is 374 g/mol. The molecule has 1 atom stereocenters. The molecule has 26 heavy (non-hydrogen) atoms. The third kappa shape index (κ3) is 3.39. The summed E-state index contributed by atoms with van der Waals surface area (Å²) in [7, 11) is 0. The first kappa shape index (κ1) is 17.2. The van der Waals surface area contributed by atoms with Crippen LogP contribution in [0.25, 0.3) is 0 Å². The van der Waals surface area contributed by atoms with Gasteiger partial charge in [0.15, 0.2) is 0 Å². The Bertz CT molecular complexity index is 896. The van der Waals surface area contributed by atoms with E-state index in [1.807, 2.05) is 16.3 Å². The Morgan fingerprint density at radius 3 is 2.81 bits per heavy atom. The van der Waals surface area contributed by atoms with E-state index in [0.29, 0.717) is 6.54 Å². The lowest BCUT2D eigenvalue weighted by molar-refractivity contribution is -0.133. The maximum absolute atomic E-state index is 13.0. The van der Waals surface area contributed by atoms with E-state index < -0.39 is 11.2 Å². The molecule has 3 heterocycles. The molecule has 1 unspecified atom stereocenters. The molecule has 7 nitrogen and oxygen atoms in total. The van der Waals surface area contributed by atoms with E-state index in [9.17, 15) is 14.4 Å². The minimum Gasteiger partial charge on any atom is -0.333 e. The van der Waals surface area contributed by atoms with Crippen LogP contribution in [-0.2, 0) is 17.9 Å². The molecule has 2 aromatic heterocycles. The number of carbonyl (C=O) groups is 1. The molecule has 2 N–H and O–H groups in total. The molecule has 1 saturated carbocycles. The fourth-order valence-corrected chi connectivity index (χ4v) is 4.65. The van der Waals surface area contributed by atoms with E-state index in [4.69, 9.17) is 0 Å². The molecule has 2 aromatic rings. The van der Waals surface area contributed by atoms with E-state index in [1.165, 1.54) is 16.8 Å². The Morgan fingerprint density at radius 2 is 2.12 bits per heavy atom. The highest BCUT2D eigenvalue weighted by atomic mass is 32.1. The predicted molar refractivity (Wildman–Crippen MR) is 99.1 cm³/mol. The van der Waals surface area contributed by atoms with Crippen LogP contribution < -0.4 is 16.6 Å². The van der Waals surface area contributed by atoms with Gasteiger partial charge in [-0.25, -0.2) is 4.79 Å². The van der Waals surface area contributed by atoms with Crippen molar-refractivity contribution in [3.05, 3.63) is 55.5 Å². The molecule has 138 valence electrons. The molecule has 1 amide bonds. The predicted octanol–water partition coefficient (Wildman–Crippen LogP) is 0.769. The smallest absolute Gasteiger partial charge is 0.328 e. The van der Waals surface area contributed by atoms with Gasteiger partial charge in [0.2, 0.25) is 5.91 Å². The number of rotatable bonds is 5. The molecule has 4 rings (SSSR count). The SMILES string of the molecule is O=C(Cn1ccc(=O)[nH]c1=O)N(Cc1ccsc1)C1CC12CCNCC2. The molecule has 0 radical (unpaired) electrons. The highest BCUT2D eigenvalue weighted by molar-refractivity contribution is 7.07. The molecule has 2 fully saturated rings. The first-order valence-electron chi connectivity index (χ1n) is 8.88. The third-order valence-corrected chi connectivity index (χ3v) is 6.31. The number of carbonyl (C=O) groups excluding carboxylic acids is 1. The number of piperidine rings is 1. The maximum Gasteiger partial charge on any atom is 0.328 e. The normalized spacial score (nSPS) is 20.8. The third-order valence-electron chi connectivity index (χ3n) is 5.58. The van der Waals surface area contributed by atoms with Crippen molar-refractivity contribution >= 4 is 17.2 Å². The van der Waals surface area contributed by atoms with E-state index in [1.54, 1.807) is 11.3 Å². The molecule has 1 aliphatic carbocycles. The van der Waals surface area contributed by atoms with Gasteiger partial charge in [-0.1, -0.05) is 0 Å². The lowest BCUT2D eigenvalue weighted by Gasteiger charge is -2.29. The summed E-state index contributed by atoms with van der Waals surface area (Å²) in [5.74, 6) is -0.0780. The van der Waals surface area contributed by atoms with Crippen molar-refractivity contribution in [2.24, 2.45) is 5.41 Å². The van der Waals surface area contributed by atoms with Crippen molar-refractivity contribution < 1.29 is 4.79 Å². The first-order chi connectivity index (χ1) is 12.6. The number of nitrogens with one attached hydrogen (secondary N) is 2. The number of aromatic amines is 1. The van der Waals surface area contributed by atoms with Gasteiger partial charge in [-0.2, -0.15) is 11.3 Å². The van der Waals surface area contributed by atoms with Gasteiger partial charge in [0, 0.05) is 24.8 Å². The van der Waals surface area contributed by atoms with Gasteiger partial charge in [0.1, 0.15) is 6.54 Å². The van der Waals surface area contributed by atoms with Crippen LogP contribution in [0.2, 0.25) is 0 Å². The van der Waals surface area contributed by atoms with Crippen molar-refractivity contribution in [1.29, 1.82) is 0 Å². The zero-order valence-corrected chi connectivity index (χ0v) is 15.3. The fourth-order valence-electron chi connectivity index (χ4n) is 3.99. The van der Waals surface area contributed by atoms with Gasteiger partial charge in [-0.05, 0) is 60.2 Å². The molecular weight excluding hydrogens is 352 g/mol. The Hall–Kier alpha value is -2.19. The standard InChI is InChI=1S/C18H22N4O3S/c23-15-1-7-21(17(25)20-15)11-16(24)22(10-13-2-8-26-12-13)14-9-18(14)3-5-19-6-4-18/h1-2,7-8,12,14,19H,3-6,9-11H2,(H,20,23,25). The Morgan fingerprint density at radius 1 is 1.31 bits per heavy atom. The van der Waals surface area contributed by atoms with E-state index in [2.05, 4.69) is 15.7 Å². The van der Waals surface area contributed by atoms with Crippen LogP contribution in [0.3, 0.4) is 0 Å². The number of thiophene rings is 1. The van der Waals surface area contributed by atoms with Crippen LogP contribution in [-0.4, -0.2) is 39.5 Å². The summed E-state index contributed by atoms with van der Waals surface area (Å²) in [6.45, 7) is 2.51. The summed E-state index contributed by atoms with van der Waals surface area (Å²) in [6, 6.07) is 3.54. The summed E-state index contributed by atoms with van der Waals surface area (Å²) in [5, 5.41) is 7.46. The Labute approximate surface area is 154 Å². The second-order valence-electron chi connectivity index (χ2n) is 7.22. The topological polar surface area (TPSA) is 87.2 Å². The Balaban J connectivity index is 1.55. The summed E-state index contributed by atoms with van der Waals surface area (Å²) in [4.78, 5) is 40.3. The minimum atomic E-state index is -0.547. The van der Waals surface area contributed by atoms with Crippen molar-refractivity contribution in [3.8, 4) is 0 Å². The molecule has 0 aromatic carbocycles. The summed E-state index contributed by atoms with van der Waals surface area (Å²) in [6.07, 6.45) is 4.59. The van der Waals surface area contributed by atoms with E-state index in [-0.39, 0.29) is 23.9 Å². The van der Waals surface area contributed by atoms with Crippen LogP contribution in [0.4, 0.5) is 0 Å². The van der Waals surface area contributed by atoms with E-state index >= 15 is 0 Å². The van der Waals surface area contributed by atoms with Gasteiger partial charge in [0.05, 0.1) is 0 Å². The molecule has 0 bridgehead atoms. The average Bonchev–Trinajstić information content (AvgIpc) is 3.05. The number of hydrogen-bond acceptors (Lipinski definition) is 5. The van der Waals surface area contributed by atoms with Crippen molar-refractivity contribution in [1.82, 2.24) is 19.8 Å². The Kier molecular flexibility index (Phi) is 4.54. The number of H-pyrrole nitrogens is 1. The summed E-state index contributed by atoms with van der Waals surface area (Å²) in [5.41, 5.74) is 0.346. The van der Waals surface area contributed by atoms with Crippen LogP contribution in [0, 0.1) is 5.41 Å². The monoisotopic (exact) mass is 374 g/mol. The number of aromatic nitrogens is 2. The number of amides is 1. The highest BCUT2D eigenvalue weighted by Gasteiger charge is 2.57. The second-order valence-corrected chi connectivity index (χ2v) is 8.00. The van der Waals surface area contributed by atoms with Crippen LogP contribution in [0.5, 0.6) is 0 Å². The van der Waals surface area contributed by atoms with Crippen molar-refractivity contribution in [2.75, 3.05) is 13.1 Å². The van der Waals surface area contributed by atoms with Gasteiger partial charge in [-0.3, -0.25) is 19.1 Å². The molecular formula is C18H22N4O3S. The van der Waals surface area contributed by atoms with Gasteiger partial charge in [0.25, 0.3) is 5.56 Å². The van der Waals surface area contributed by atoms with Gasteiger partial charge < -0.3 is 10.2 Å². The first-order valence-corrected chi connectivity index (χ1v) is 9.83. The minimum absolute atomic E-state index is 0.0510. The molecule has 1 saturated heterocycles. The second kappa shape index (κ2) is 6.85. The van der Waals surface area contributed by atoms with Crippen molar-refractivity contribution in [3.63, 3.8) is 0 Å². The summed E-state index contributed by atoms with van der Waals surface area (Å²) < 4.78 is 1.27. The number of nitrogens with zero attached hydrogens (tertiary/aromatic N) is 2. The van der Waals surface area contributed by atoms with Gasteiger partial charge >= 0.3 is 5.69 Å². The quantitative estimate of drug-likeness (QED) is 0.809. The molecule has 2 aliphatic rings. The van der Waals surface area contributed by atoms with Crippen molar-refractivity contribution in [2.45, 2.75) is 38.4 Å². The zero-order valence-electron chi connectivity index (χ0n) is 14.4.